The Morgan fingerprint density at radius 3 is 2.92 bits per heavy atom. The fraction of sp³-hybridized carbons (Fsp3) is 0.176. The lowest BCUT2D eigenvalue weighted by Crippen LogP contribution is -2.24. The van der Waals surface area contributed by atoms with Gasteiger partial charge in [0.1, 0.15) is 11.6 Å². The number of aromatic nitrogens is 4. The first-order valence-electron chi connectivity index (χ1n) is 7.57. The zero-order valence-electron chi connectivity index (χ0n) is 13.0. The number of nitrogens with one attached hydrogen (secondary N) is 1. The third-order valence-corrected chi connectivity index (χ3v) is 4.00. The lowest BCUT2D eigenvalue weighted by molar-refractivity contribution is -0.116. The van der Waals surface area contributed by atoms with Crippen molar-refractivity contribution in [3.63, 3.8) is 0 Å². The Balaban J connectivity index is 1.68. The van der Waals surface area contributed by atoms with Gasteiger partial charge < -0.3 is 10.1 Å². The van der Waals surface area contributed by atoms with Gasteiger partial charge in [-0.1, -0.05) is 12.1 Å². The molecule has 0 aliphatic carbocycles. The number of hydrogen-bond acceptors (Lipinski definition) is 5. The predicted molar refractivity (Wildman–Crippen MR) is 86.8 cm³/mol. The van der Waals surface area contributed by atoms with E-state index in [0.717, 1.165) is 16.9 Å². The van der Waals surface area contributed by atoms with Gasteiger partial charge in [-0.15, -0.1) is 0 Å². The van der Waals surface area contributed by atoms with Crippen LogP contribution >= 0.6 is 0 Å². The number of carbonyl (C=O) groups excluding carboxylic acids is 1. The van der Waals surface area contributed by atoms with E-state index in [-0.39, 0.29) is 17.8 Å². The minimum atomic E-state index is -0.0531. The number of carbonyl (C=O) groups is 1. The van der Waals surface area contributed by atoms with Gasteiger partial charge in [0, 0.05) is 37.3 Å². The Kier molecular flexibility index (Phi) is 3.45. The Labute approximate surface area is 138 Å². The fourth-order valence-corrected chi connectivity index (χ4v) is 2.88. The van der Waals surface area contributed by atoms with Gasteiger partial charge >= 0.3 is 6.01 Å². The Morgan fingerprint density at radius 2 is 2.08 bits per heavy atom. The molecule has 1 aliphatic rings. The SMILES string of the molecule is Cn1ncc2c1NC(=O)C[C@@H]2c1cccc(Oc2ncccn2)c1. The number of anilines is 1. The van der Waals surface area contributed by atoms with Crippen molar-refractivity contribution in [2.45, 2.75) is 12.3 Å². The average molecular weight is 321 g/mol. The van der Waals surface area contributed by atoms with E-state index in [9.17, 15) is 4.79 Å². The van der Waals surface area contributed by atoms with Crippen molar-refractivity contribution < 1.29 is 9.53 Å². The summed E-state index contributed by atoms with van der Waals surface area (Å²) in [6.45, 7) is 0. The lowest BCUT2D eigenvalue weighted by atomic mass is 9.87. The standard InChI is InChI=1S/C17H15N5O2/c1-22-16-14(10-20-22)13(9-15(23)21-16)11-4-2-5-12(8-11)24-17-18-6-3-7-19-17/h2-8,10,13H,9H2,1H3,(H,21,23)/t13-/m1/s1. The van der Waals surface area contributed by atoms with E-state index in [1.165, 1.54) is 0 Å². The topological polar surface area (TPSA) is 81.9 Å². The molecule has 7 nitrogen and oxygen atoms in total. The number of rotatable bonds is 3. The number of aryl methyl sites for hydroxylation is 1. The normalized spacial score (nSPS) is 16.4. The zero-order valence-corrected chi connectivity index (χ0v) is 13.0. The zero-order chi connectivity index (χ0) is 16.5. The molecule has 120 valence electrons. The second-order valence-corrected chi connectivity index (χ2v) is 5.58. The van der Waals surface area contributed by atoms with Crippen LogP contribution < -0.4 is 10.1 Å². The first kappa shape index (κ1) is 14.4. The van der Waals surface area contributed by atoms with Gasteiger partial charge in [-0.3, -0.25) is 9.48 Å². The Morgan fingerprint density at radius 1 is 1.25 bits per heavy atom. The van der Waals surface area contributed by atoms with E-state index < -0.39 is 0 Å². The summed E-state index contributed by atoms with van der Waals surface area (Å²) in [6, 6.07) is 9.66. The van der Waals surface area contributed by atoms with Crippen LogP contribution in [0.1, 0.15) is 23.5 Å². The number of hydrogen-bond donors (Lipinski definition) is 1. The van der Waals surface area contributed by atoms with Crippen LogP contribution in [0.3, 0.4) is 0 Å². The van der Waals surface area contributed by atoms with E-state index in [1.54, 1.807) is 29.3 Å². The molecule has 24 heavy (non-hydrogen) atoms. The van der Waals surface area contributed by atoms with E-state index in [1.807, 2.05) is 31.3 Å². The summed E-state index contributed by atoms with van der Waals surface area (Å²) >= 11 is 0. The highest BCUT2D eigenvalue weighted by atomic mass is 16.5. The molecule has 3 aromatic rings. The maximum absolute atomic E-state index is 12.0. The second-order valence-electron chi connectivity index (χ2n) is 5.58. The Bertz CT molecular complexity index is 891. The molecule has 0 saturated carbocycles. The summed E-state index contributed by atoms with van der Waals surface area (Å²) in [5, 5.41) is 7.12. The highest BCUT2D eigenvalue weighted by Crippen LogP contribution is 2.37. The van der Waals surface area contributed by atoms with Crippen LogP contribution in [-0.2, 0) is 11.8 Å². The van der Waals surface area contributed by atoms with Crippen molar-refractivity contribution in [3.8, 4) is 11.8 Å². The van der Waals surface area contributed by atoms with Gasteiger partial charge in [-0.2, -0.15) is 5.10 Å². The molecule has 4 rings (SSSR count). The number of fused-ring (bicyclic) bond motifs is 1. The van der Waals surface area contributed by atoms with Crippen LogP contribution in [0.15, 0.2) is 48.9 Å². The van der Waals surface area contributed by atoms with Gasteiger partial charge in [0.05, 0.1) is 6.20 Å². The quantitative estimate of drug-likeness (QED) is 0.801. The van der Waals surface area contributed by atoms with E-state index in [4.69, 9.17) is 4.74 Å². The number of benzene rings is 1. The van der Waals surface area contributed by atoms with Gasteiger partial charge in [-0.05, 0) is 23.8 Å². The van der Waals surface area contributed by atoms with Crippen LogP contribution in [0.2, 0.25) is 0 Å². The molecule has 0 bridgehead atoms. The van der Waals surface area contributed by atoms with Crippen molar-refractivity contribution >= 4 is 11.7 Å². The molecule has 0 spiro atoms. The van der Waals surface area contributed by atoms with Crippen LogP contribution in [0, 0.1) is 0 Å². The molecule has 2 aromatic heterocycles. The maximum atomic E-state index is 12.0. The number of amides is 1. The minimum absolute atomic E-state index is 0.0196. The third-order valence-electron chi connectivity index (χ3n) is 4.00. The number of nitrogens with zero attached hydrogens (tertiary/aromatic N) is 4. The van der Waals surface area contributed by atoms with E-state index >= 15 is 0 Å². The molecule has 0 radical (unpaired) electrons. The maximum Gasteiger partial charge on any atom is 0.321 e. The lowest BCUT2D eigenvalue weighted by Gasteiger charge is -2.23. The van der Waals surface area contributed by atoms with Crippen molar-refractivity contribution in [1.29, 1.82) is 0 Å². The van der Waals surface area contributed by atoms with Crippen molar-refractivity contribution in [3.05, 3.63) is 60.0 Å². The minimum Gasteiger partial charge on any atom is -0.424 e. The molecule has 1 N–H and O–H groups in total. The first-order valence-corrected chi connectivity index (χ1v) is 7.57. The third kappa shape index (κ3) is 2.60. The first-order chi connectivity index (χ1) is 11.7. The van der Waals surface area contributed by atoms with Crippen LogP contribution in [0.5, 0.6) is 11.8 Å². The molecule has 1 atom stereocenters. The fourth-order valence-electron chi connectivity index (χ4n) is 2.88. The van der Waals surface area contributed by atoms with Gasteiger partial charge in [0.15, 0.2) is 0 Å². The van der Waals surface area contributed by atoms with E-state index in [2.05, 4.69) is 20.4 Å². The molecule has 1 aliphatic heterocycles. The van der Waals surface area contributed by atoms with E-state index in [0.29, 0.717) is 12.2 Å². The Hall–Kier alpha value is -3.22. The van der Waals surface area contributed by atoms with Crippen molar-refractivity contribution in [1.82, 2.24) is 19.7 Å². The summed E-state index contributed by atoms with van der Waals surface area (Å²) in [4.78, 5) is 20.1. The summed E-state index contributed by atoms with van der Waals surface area (Å²) in [5.74, 6) is 1.31. The molecule has 0 unspecified atom stereocenters. The predicted octanol–water partition coefficient (Wildman–Crippen LogP) is 2.48. The molecule has 1 aromatic carbocycles. The second kappa shape index (κ2) is 5.77. The van der Waals surface area contributed by atoms with Crippen molar-refractivity contribution in [2.24, 2.45) is 7.05 Å². The highest BCUT2D eigenvalue weighted by molar-refractivity contribution is 5.94. The van der Waals surface area contributed by atoms with Gasteiger partial charge in [0.2, 0.25) is 5.91 Å². The molecule has 0 fully saturated rings. The molecule has 3 heterocycles. The molecular weight excluding hydrogens is 306 g/mol. The molecule has 1 amide bonds. The monoisotopic (exact) mass is 321 g/mol. The average Bonchev–Trinajstić information content (AvgIpc) is 2.96. The smallest absolute Gasteiger partial charge is 0.321 e. The summed E-state index contributed by atoms with van der Waals surface area (Å²) in [6.07, 6.45) is 5.43. The van der Waals surface area contributed by atoms with Gasteiger partial charge in [-0.25, -0.2) is 9.97 Å². The van der Waals surface area contributed by atoms with Gasteiger partial charge in [0.25, 0.3) is 0 Å². The van der Waals surface area contributed by atoms with Crippen molar-refractivity contribution in [2.75, 3.05) is 5.32 Å². The summed E-state index contributed by atoms with van der Waals surface area (Å²) < 4.78 is 7.36. The molecule has 0 saturated heterocycles. The summed E-state index contributed by atoms with van der Waals surface area (Å²) in [7, 11) is 1.81. The van der Waals surface area contributed by atoms with Crippen LogP contribution in [-0.4, -0.2) is 25.7 Å². The summed E-state index contributed by atoms with van der Waals surface area (Å²) in [5.41, 5.74) is 2.00. The van der Waals surface area contributed by atoms with Crippen LogP contribution in [0.4, 0.5) is 5.82 Å². The largest absolute Gasteiger partial charge is 0.424 e. The number of ether oxygens (including phenoxy) is 1. The molecule has 7 heteroatoms. The highest BCUT2D eigenvalue weighted by Gasteiger charge is 2.29. The molecular formula is C17H15N5O2. The van der Waals surface area contributed by atoms with Crippen LogP contribution in [0.25, 0.3) is 0 Å².